The van der Waals surface area contributed by atoms with Crippen LogP contribution in [-0.2, 0) is 17.6 Å². The van der Waals surface area contributed by atoms with E-state index in [2.05, 4.69) is 10.6 Å². The summed E-state index contributed by atoms with van der Waals surface area (Å²) >= 11 is 1.44. The monoisotopic (exact) mass is 466 g/mol. The molecule has 172 valence electrons. The van der Waals surface area contributed by atoms with Crippen LogP contribution in [0, 0.1) is 6.92 Å². The first-order valence-corrected chi connectivity index (χ1v) is 12.2. The van der Waals surface area contributed by atoms with Crippen molar-refractivity contribution in [3.8, 4) is 0 Å². The molecule has 0 saturated carbocycles. The number of nitrogens with one attached hydrogen (secondary N) is 2. The van der Waals surface area contributed by atoms with Crippen molar-refractivity contribution in [3.05, 3.63) is 61.8 Å². The molecular formula is C25H26N2O5S. The Balaban J connectivity index is 1.43. The van der Waals surface area contributed by atoms with Gasteiger partial charge >= 0.3 is 0 Å². The summed E-state index contributed by atoms with van der Waals surface area (Å²) in [7, 11) is 0. The van der Waals surface area contributed by atoms with E-state index in [1.165, 1.54) is 17.4 Å². The summed E-state index contributed by atoms with van der Waals surface area (Å²) < 4.78 is 11.3. The number of anilines is 1. The lowest BCUT2D eigenvalue weighted by atomic mass is 9.95. The Morgan fingerprint density at radius 2 is 1.97 bits per heavy atom. The first-order valence-electron chi connectivity index (χ1n) is 11.4. The van der Waals surface area contributed by atoms with E-state index in [-0.39, 0.29) is 23.2 Å². The minimum atomic E-state index is -0.540. The van der Waals surface area contributed by atoms with Crippen LogP contribution >= 0.6 is 11.3 Å². The summed E-state index contributed by atoms with van der Waals surface area (Å²) in [6, 6.07) is 6.47. The Kier molecular flexibility index (Phi) is 6.03. The van der Waals surface area contributed by atoms with Crippen LogP contribution in [0.15, 0.2) is 33.5 Å². The summed E-state index contributed by atoms with van der Waals surface area (Å²) in [6.07, 6.45) is 5.77. The van der Waals surface area contributed by atoms with E-state index in [1.54, 1.807) is 12.1 Å². The molecule has 5 rings (SSSR count). The van der Waals surface area contributed by atoms with Crippen LogP contribution in [0.25, 0.3) is 11.0 Å². The molecule has 0 spiro atoms. The molecule has 1 saturated heterocycles. The van der Waals surface area contributed by atoms with E-state index in [0.29, 0.717) is 28.1 Å². The van der Waals surface area contributed by atoms with Crippen molar-refractivity contribution in [1.29, 1.82) is 0 Å². The Bertz CT molecular complexity index is 1290. The summed E-state index contributed by atoms with van der Waals surface area (Å²) in [6.45, 7) is 3.07. The van der Waals surface area contributed by atoms with Gasteiger partial charge in [-0.25, -0.2) is 0 Å². The standard InChI is InChI=1S/C25H26N2O5S/c1-14-8-9-19-17(11-14)18(28)12-20(32-19)23(29)27-25-22(16-6-2-3-7-21(16)33-25)24(30)26-13-15-5-4-10-31-15/h8-9,11-12,15H,2-7,10,13H2,1H3,(H,26,30)(H,27,29)/t15-/m1/s1. The highest BCUT2D eigenvalue weighted by Gasteiger charge is 2.28. The van der Waals surface area contributed by atoms with Crippen LogP contribution in [0.4, 0.5) is 5.00 Å². The van der Waals surface area contributed by atoms with Gasteiger partial charge in [0.2, 0.25) is 0 Å². The normalized spacial score (nSPS) is 17.7. The number of fused-ring (bicyclic) bond motifs is 2. The van der Waals surface area contributed by atoms with Crippen molar-refractivity contribution in [2.24, 2.45) is 0 Å². The molecule has 2 aromatic heterocycles. The third kappa shape index (κ3) is 4.45. The molecule has 2 N–H and O–H groups in total. The van der Waals surface area contributed by atoms with E-state index < -0.39 is 5.91 Å². The maximum Gasteiger partial charge on any atom is 0.292 e. The summed E-state index contributed by atoms with van der Waals surface area (Å²) in [5.41, 5.74) is 2.57. The molecule has 0 bridgehead atoms. The fourth-order valence-electron chi connectivity index (χ4n) is 4.54. The molecule has 8 heteroatoms. The second kappa shape index (κ2) is 9.11. The minimum absolute atomic E-state index is 0.0389. The molecule has 1 fully saturated rings. The first-order chi connectivity index (χ1) is 16.0. The van der Waals surface area contributed by atoms with Gasteiger partial charge in [-0.3, -0.25) is 14.4 Å². The SMILES string of the molecule is Cc1ccc2oc(C(=O)Nc3sc4c(c3C(=O)NC[C@H]3CCCO3)CCCC4)cc(=O)c2c1. The largest absolute Gasteiger partial charge is 0.451 e. The number of rotatable bonds is 5. The highest BCUT2D eigenvalue weighted by molar-refractivity contribution is 7.17. The third-order valence-electron chi connectivity index (χ3n) is 6.25. The molecular weight excluding hydrogens is 440 g/mol. The number of thiophene rings is 1. The quantitative estimate of drug-likeness (QED) is 0.587. The average molecular weight is 467 g/mol. The first kappa shape index (κ1) is 21.9. The highest BCUT2D eigenvalue weighted by Crippen LogP contribution is 2.38. The van der Waals surface area contributed by atoms with Gasteiger partial charge in [-0.2, -0.15) is 0 Å². The van der Waals surface area contributed by atoms with Gasteiger partial charge in [0.15, 0.2) is 11.2 Å². The number of hydrogen-bond donors (Lipinski definition) is 2. The van der Waals surface area contributed by atoms with Gasteiger partial charge in [-0.15, -0.1) is 11.3 Å². The zero-order valence-corrected chi connectivity index (χ0v) is 19.3. The highest BCUT2D eigenvalue weighted by atomic mass is 32.1. The number of carbonyl (C=O) groups is 2. The zero-order valence-electron chi connectivity index (χ0n) is 18.5. The van der Waals surface area contributed by atoms with Gasteiger partial charge in [0.25, 0.3) is 11.8 Å². The lowest BCUT2D eigenvalue weighted by Crippen LogP contribution is -2.32. The Hall–Kier alpha value is -2.97. The van der Waals surface area contributed by atoms with Crippen molar-refractivity contribution in [3.63, 3.8) is 0 Å². The van der Waals surface area contributed by atoms with Crippen LogP contribution in [0.3, 0.4) is 0 Å². The number of hydrogen-bond acceptors (Lipinski definition) is 6. The predicted octanol–water partition coefficient (Wildman–Crippen LogP) is 4.20. The van der Waals surface area contributed by atoms with Gasteiger partial charge in [-0.1, -0.05) is 11.6 Å². The van der Waals surface area contributed by atoms with Crippen molar-refractivity contribution in [1.82, 2.24) is 5.32 Å². The second-order valence-corrected chi connectivity index (χ2v) is 9.79. The maximum atomic E-state index is 13.1. The third-order valence-corrected chi connectivity index (χ3v) is 7.45. The Labute approximate surface area is 195 Å². The van der Waals surface area contributed by atoms with Crippen LogP contribution in [0.2, 0.25) is 0 Å². The topological polar surface area (TPSA) is 97.6 Å². The van der Waals surface area contributed by atoms with Crippen LogP contribution in [-0.4, -0.2) is 31.1 Å². The van der Waals surface area contributed by atoms with E-state index in [9.17, 15) is 14.4 Å². The van der Waals surface area contributed by atoms with E-state index in [0.717, 1.165) is 61.1 Å². The van der Waals surface area contributed by atoms with Crippen molar-refractivity contribution < 1.29 is 18.7 Å². The number of benzene rings is 1. The van der Waals surface area contributed by atoms with Gasteiger partial charge in [0, 0.05) is 24.1 Å². The number of carbonyl (C=O) groups excluding carboxylic acids is 2. The molecule has 1 aliphatic heterocycles. The molecule has 33 heavy (non-hydrogen) atoms. The van der Waals surface area contributed by atoms with Crippen molar-refractivity contribution in [2.75, 3.05) is 18.5 Å². The number of amides is 2. The summed E-state index contributed by atoms with van der Waals surface area (Å²) in [4.78, 5) is 39.9. The van der Waals surface area contributed by atoms with Gasteiger partial charge in [0.1, 0.15) is 10.6 Å². The molecule has 0 unspecified atom stereocenters. The molecule has 2 amide bonds. The van der Waals surface area contributed by atoms with E-state index in [4.69, 9.17) is 9.15 Å². The van der Waals surface area contributed by atoms with Crippen molar-refractivity contribution >= 4 is 39.1 Å². The van der Waals surface area contributed by atoms with Crippen LogP contribution in [0.5, 0.6) is 0 Å². The molecule has 0 radical (unpaired) electrons. The fraction of sp³-hybridized carbons (Fsp3) is 0.400. The molecule has 1 aliphatic carbocycles. The zero-order chi connectivity index (χ0) is 22.9. The van der Waals surface area contributed by atoms with Crippen LogP contribution < -0.4 is 16.1 Å². The second-order valence-electron chi connectivity index (χ2n) is 8.69. The molecule has 3 heterocycles. The number of aryl methyl sites for hydroxylation is 2. The summed E-state index contributed by atoms with van der Waals surface area (Å²) in [5.74, 6) is -0.814. The van der Waals surface area contributed by atoms with Crippen LogP contribution in [0.1, 0.15) is 62.6 Å². The Morgan fingerprint density at radius 3 is 2.79 bits per heavy atom. The molecule has 7 nitrogen and oxygen atoms in total. The Morgan fingerprint density at radius 1 is 1.12 bits per heavy atom. The van der Waals surface area contributed by atoms with Gasteiger partial charge < -0.3 is 19.8 Å². The van der Waals surface area contributed by atoms with Gasteiger partial charge in [0.05, 0.1) is 17.1 Å². The minimum Gasteiger partial charge on any atom is -0.451 e. The molecule has 3 aromatic rings. The molecule has 2 aliphatic rings. The predicted molar refractivity (Wildman–Crippen MR) is 127 cm³/mol. The number of ether oxygens (including phenoxy) is 1. The van der Waals surface area contributed by atoms with Crippen molar-refractivity contribution in [2.45, 2.75) is 51.6 Å². The maximum absolute atomic E-state index is 13.1. The fourth-order valence-corrected chi connectivity index (χ4v) is 5.82. The van der Waals surface area contributed by atoms with E-state index >= 15 is 0 Å². The average Bonchev–Trinajstić information content (AvgIpc) is 3.45. The summed E-state index contributed by atoms with van der Waals surface area (Å²) in [5, 5.41) is 6.78. The van der Waals surface area contributed by atoms with E-state index in [1.807, 2.05) is 13.0 Å². The van der Waals surface area contributed by atoms with Gasteiger partial charge in [-0.05, 0) is 63.1 Å². The lowest BCUT2D eigenvalue weighted by molar-refractivity contribution is 0.0858. The smallest absolute Gasteiger partial charge is 0.292 e. The lowest BCUT2D eigenvalue weighted by Gasteiger charge is -2.15. The molecule has 1 aromatic carbocycles. The molecule has 1 atom stereocenters.